The van der Waals surface area contributed by atoms with Gasteiger partial charge in [-0.25, -0.2) is 0 Å². The van der Waals surface area contributed by atoms with E-state index in [0.29, 0.717) is 23.5 Å². The molecule has 0 radical (unpaired) electrons. The Hall–Kier alpha value is -1.85. The van der Waals surface area contributed by atoms with Crippen molar-refractivity contribution in [1.29, 1.82) is 0 Å². The molecule has 0 atom stereocenters. The average Bonchev–Trinajstić information content (AvgIpc) is 2.67. The SMILES string of the molecule is CCCN(CC(=O)OC)C(=O)c1c(C)n[nH]c1C. The molecule has 1 aromatic rings. The fourth-order valence-electron chi connectivity index (χ4n) is 1.77. The van der Waals surface area contributed by atoms with Crippen molar-refractivity contribution in [3.8, 4) is 0 Å². The van der Waals surface area contributed by atoms with Gasteiger partial charge in [0, 0.05) is 12.2 Å². The lowest BCUT2D eigenvalue weighted by Gasteiger charge is -2.20. The highest BCUT2D eigenvalue weighted by molar-refractivity contribution is 5.97. The van der Waals surface area contributed by atoms with Crippen molar-refractivity contribution in [2.24, 2.45) is 0 Å². The Balaban J connectivity index is 2.92. The van der Waals surface area contributed by atoms with Crippen LogP contribution in [0.2, 0.25) is 0 Å². The summed E-state index contributed by atoms with van der Waals surface area (Å²) in [6, 6.07) is 0. The average molecular weight is 253 g/mol. The second kappa shape index (κ2) is 6.18. The third kappa shape index (κ3) is 3.09. The molecule has 0 aliphatic heterocycles. The van der Waals surface area contributed by atoms with Crippen LogP contribution in [0, 0.1) is 13.8 Å². The number of aromatic nitrogens is 2. The first-order chi connectivity index (χ1) is 8.51. The molecule has 0 aliphatic carbocycles. The van der Waals surface area contributed by atoms with Gasteiger partial charge in [-0.05, 0) is 20.3 Å². The molecule has 0 saturated carbocycles. The predicted molar refractivity (Wildman–Crippen MR) is 66.3 cm³/mol. The van der Waals surface area contributed by atoms with Gasteiger partial charge in [0.05, 0.1) is 18.4 Å². The fraction of sp³-hybridized carbons (Fsp3) is 0.583. The molecule has 0 bridgehead atoms. The Kier molecular flexibility index (Phi) is 4.88. The number of amides is 1. The number of hydrogen-bond donors (Lipinski definition) is 1. The molecule has 6 nitrogen and oxygen atoms in total. The molecular formula is C12H19N3O3. The highest BCUT2D eigenvalue weighted by atomic mass is 16.5. The van der Waals surface area contributed by atoms with Gasteiger partial charge in [-0.1, -0.05) is 6.92 Å². The summed E-state index contributed by atoms with van der Waals surface area (Å²) in [6.45, 7) is 5.98. The van der Waals surface area contributed by atoms with Crippen molar-refractivity contribution in [2.75, 3.05) is 20.2 Å². The van der Waals surface area contributed by atoms with E-state index in [0.717, 1.165) is 6.42 Å². The van der Waals surface area contributed by atoms with Crippen LogP contribution in [0.4, 0.5) is 0 Å². The summed E-state index contributed by atoms with van der Waals surface area (Å²) in [5.41, 5.74) is 1.89. The molecule has 1 aromatic heterocycles. The number of rotatable bonds is 5. The highest BCUT2D eigenvalue weighted by Gasteiger charge is 2.23. The molecule has 18 heavy (non-hydrogen) atoms. The van der Waals surface area contributed by atoms with Crippen LogP contribution in [0.3, 0.4) is 0 Å². The van der Waals surface area contributed by atoms with Gasteiger partial charge in [0.25, 0.3) is 5.91 Å². The summed E-state index contributed by atoms with van der Waals surface area (Å²) < 4.78 is 4.60. The van der Waals surface area contributed by atoms with Gasteiger partial charge in [-0.15, -0.1) is 0 Å². The summed E-state index contributed by atoms with van der Waals surface area (Å²) in [6.07, 6.45) is 0.776. The first-order valence-corrected chi connectivity index (χ1v) is 5.88. The number of carbonyl (C=O) groups is 2. The van der Waals surface area contributed by atoms with Crippen LogP contribution in [0.25, 0.3) is 0 Å². The third-order valence-electron chi connectivity index (χ3n) is 2.67. The number of carbonyl (C=O) groups excluding carboxylic acids is 2. The predicted octanol–water partition coefficient (Wildman–Crippen LogP) is 1.05. The molecule has 0 saturated heterocycles. The smallest absolute Gasteiger partial charge is 0.325 e. The van der Waals surface area contributed by atoms with Crippen molar-refractivity contribution in [2.45, 2.75) is 27.2 Å². The van der Waals surface area contributed by atoms with E-state index >= 15 is 0 Å². The number of methoxy groups -OCH3 is 1. The standard InChI is InChI=1S/C12H19N3O3/c1-5-6-15(7-10(16)18-4)12(17)11-8(2)13-14-9(11)3/h5-7H2,1-4H3,(H,13,14). The molecule has 1 rings (SSSR count). The number of aromatic amines is 1. The first-order valence-electron chi connectivity index (χ1n) is 5.88. The second-order valence-corrected chi connectivity index (χ2v) is 4.11. The van der Waals surface area contributed by atoms with E-state index in [4.69, 9.17) is 0 Å². The van der Waals surface area contributed by atoms with Crippen molar-refractivity contribution in [3.63, 3.8) is 0 Å². The van der Waals surface area contributed by atoms with E-state index in [2.05, 4.69) is 14.9 Å². The quantitative estimate of drug-likeness (QED) is 0.796. The number of hydrogen-bond acceptors (Lipinski definition) is 4. The van der Waals surface area contributed by atoms with Crippen LogP contribution in [0.1, 0.15) is 35.1 Å². The number of H-pyrrole nitrogens is 1. The minimum absolute atomic E-state index is 0.0345. The Bertz CT molecular complexity index is 420. The lowest BCUT2D eigenvalue weighted by molar-refractivity contribution is -0.141. The van der Waals surface area contributed by atoms with Crippen molar-refractivity contribution in [1.82, 2.24) is 15.1 Å². The van der Waals surface area contributed by atoms with E-state index in [1.54, 1.807) is 13.8 Å². The lowest BCUT2D eigenvalue weighted by atomic mass is 10.1. The zero-order chi connectivity index (χ0) is 13.7. The van der Waals surface area contributed by atoms with Gasteiger partial charge >= 0.3 is 5.97 Å². The Morgan fingerprint density at radius 3 is 2.50 bits per heavy atom. The molecule has 0 aliphatic rings. The number of ether oxygens (including phenoxy) is 1. The summed E-state index contributed by atoms with van der Waals surface area (Å²) >= 11 is 0. The third-order valence-corrected chi connectivity index (χ3v) is 2.67. The zero-order valence-electron chi connectivity index (χ0n) is 11.2. The van der Waals surface area contributed by atoms with E-state index in [-0.39, 0.29) is 12.5 Å². The molecular weight excluding hydrogens is 234 g/mol. The van der Waals surface area contributed by atoms with Gasteiger partial charge in [-0.3, -0.25) is 14.7 Å². The maximum atomic E-state index is 12.3. The number of aryl methyl sites for hydroxylation is 2. The van der Waals surface area contributed by atoms with Gasteiger partial charge in [-0.2, -0.15) is 5.10 Å². The summed E-state index contributed by atoms with van der Waals surface area (Å²) in [5, 5.41) is 6.76. The molecule has 0 unspecified atom stereocenters. The van der Waals surface area contributed by atoms with Gasteiger partial charge in [0.2, 0.25) is 0 Å². The molecule has 6 heteroatoms. The van der Waals surface area contributed by atoms with Crippen LogP contribution in [-0.4, -0.2) is 47.2 Å². The minimum Gasteiger partial charge on any atom is -0.468 e. The normalized spacial score (nSPS) is 10.2. The van der Waals surface area contributed by atoms with E-state index in [1.165, 1.54) is 12.0 Å². The molecule has 0 spiro atoms. The van der Waals surface area contributed by atoms with Crippen LogP contribution >= 0.6 is 0 Å². The van der Waals surface area contributed by atoms with E-state index < -0.39 is 5.97 Å². The number of esters is 1. The van der Waals surface area contributed by atoms with Crippen LogP contribution in [-0.2, 0) is 9.53 Å². The summed E-state index contributed by atoms with van der Waals surface area (Å²) in [5.74, 6) is -0.610. The van der Waals surface area contributed by atoms with Gasteiger partial charge in [0.15, 0.2) is 0 Å². The molecule has 0 aromatic carbocycles. The van der Waals surface area contributed by atoms with Crippen molar-refractivity contribution >= 4 is 11.9 Å². The van der Waals surface area contributed by atoms with E-state index in [9.17, 15) is 9.59 Å². The van der Waals surface area contributed by atoms with Crippen molar-refractivity contribution in [3.05, 3.63) is 17.0 Å². The van der Waals surface area contributed by atoms with Crippen LogP contribution < -0.4 is 0 Å². The topological polar surface area (TPSA) is 75.3 Å². The largest absolute Gasteiger partial charge is 0.468 e. The minimum atomic E-state index is -0.421. The monoisotopic (exact) mass is 253 g/mol. The number of nitrogens with zero attached hydrogens (tertiary/aromatic N) is 2. The molecule has 100 valence electrons. The van der Waals surface area contributed by atoms with Gasteiger partial charge in [0.1, 0.15) is 6.54 Å². The van der Waals surface area contributed by atoms with Crippen LogP contribution in [0.15, 0.2) is 0 Å². The number of nitrogens with one attached hydrogen (secondary N) is 1. The molecule has 1 N–H and O–H groups in total. The molecule has 1 heterocycles. The maximum absolute atomic E-state index is 12.3. The van der Waals surface area contributed by atoms with Gasteiger partial charge < -0.3 is 9.64 Å². The maximum Gasteiger partial charge on any atom is 0.325 e. The first kappa shape index (κ1) is 14.2. The lowest BCUT2D eigenvalue weighted by Crippen LogP contribution is -2.37. The summed E-state index contributed by atoms with van der Waals surface area (Å²) in [7, 11) is 1.31. The summed E-state index contributed by atoms with van der Waals surface area (Å²) in [4.78, 5) is 25.1. The highest BCUT2D eigenvalue weighted by Crippen LogP contribution is 2.13. The molecule has 0 fully saturated rings. The Morgan fingerprint density at radius 2 is 2.06 bits per heavy atom. The van der Waals surface area contributed by atoms with E-state index in [1.807, 2.05) is 6.92 Å². The Morgan fingerprint density at radius 1 is 1.39 bits per heavy atom. The fourth-order valence-corrected chi connectivity index (χ4v) is 1.77. The second-order valence-electron chi connectivity index (χ2n) is 4.11. The zero-order valence-corrected chi connectivity index (χ0v) is 11.2. The van der Waals surface area contributed by atoms with Crippen molar-refractivity contribution < 1.29 is 14.3 Å². The molecule has 1 amide bonds. The Labute approximate surface area is 106 Å². The van der Waals surface area contributed by atoms with Crippen LogP contribution in [0.5, 0.6) is 0 Å².